The first kappa shape index (κ1) is 12.9. The first-order valence-corrected chi connectivity index (χ1v) is 6.11. The van der Waals surface area contributed by atoms with Crippen molar-refractivity contribution < 1.29 is 8.78 Å². The topological polar surface area (TPSA) is 12.0 Å². The Morgan fingerprint density at radius 3 is 2.20 bits per heavy atom. The van der Waals surface area contributed by atoms with Crippen molar-refractivity contribution in [1.82, 2.24) is 5.32 Å². The van der Waals surface area contributed by atoms with E-state index in [1.807, 2.05) is 6.92 Å². The van der Waals surface area contributed by atoms with Crippen LogP contribution in [0.4, 0.5) is 8.78 Å². The molecule has 1 fully saturated rings. The predicted molar refractivity (Wildman–Crippen MR) is 59.3 cm³/mol. The molecule has 0 radical (unpaired) electrons. The van der Waals surface area contributed by atoms with Gasteiger partial charge in [-0.15, -0.1) is 0 Å². The van der Waals surface area contributed by atoms with E-state index in [0.717, 1.165) is 25.7 Å². The van der Waals surface area contributed by atoms with Gasteiger partial charge in [0.05, 0.1) is 0 Å². The van der Waals surface area contributed by atoms with Crippen LogP contribution in [0.5, 0.6) is 0 Å². The Morgan fingerprint density at radius 1 is 1.20 bits per heavy atom. The highest BCUT2D eigenvalue weighted by Crippen LogP contribution is 2.38. The van der Waals surface area contributed by atoms with E-state index in [-0.39, 0.29) is 18.4 Å². The summed E-state index contributed by atoms with van der Waals surface area (Å²) in [5, 5.41) is 2.90. The van der Waals surface area contributed by atoms with Gasteiger partial charge in [0.25, 0.3) is 5.92 Å². The molecule has 1 N–H and O–H groups in total. The van der Waals surface area contributed by atoms with Crippen LogP contribution in [0.2, 0.25) is 0 Å². The Bertz CT molecular complexity index is 174. The zero-order chi connectivity index (χ0) is 11.3. The number of hydrogen-bond donors (Lipinski definition) is 1. The highest BCUT2D eigenvalue weighted by atomic mass is 19.3. The maximum atomic E-state index is 13.9. The Balaban J connectivity index is 2.49. The molecule has 0 aromatic rings. The number of hydrogen-bond acceptors (Lipinski definition) is 1. The second-order valence-electron chi connectivity index (χ2n) is 4.84. The van der Waals surface area contributed by atoms with E-state index in [1.54, 1.807) is 7.05 Å². The molecule has 90 valence electrons. The SMILES string of the molecule is CNC(C)CC(F)(F)C1CCCCCC1. The van der Waals surface area contributed by atoms with E-state index in [1.165, 1.54) is 0 Å². The van der Waals surface area contributed by atoms with Crippen LogP contribution in [0.25, 0.3) is 0 Å². The summed E-state index contributed by atoms with van der Waals surface area (Å²) in [5.74, 6) is -2.86. The van der Waals surface area contributed by atoms with Crippen molar-refractivity contribution in [2.45, 2.75) is 63.8 Å². The summed E-state index contributed by atoms with van der Waals surface area (Å²) >= 11 is 0. The summed E-state index contributed by atoms with van der Waals surface area (Å²) in [6.45, 7) is 1.82. The van der Waals surface area contributed by atoms with Crippen molar-refractivity contribution in [1.29, 1.82) is 0 Å². The van der Waals surface area contributed by atoms with Crippen LogP contribution in [0.1, 0.15) is 51.9 Å². The molecule has 1 rings (SSSR count). The minimum atomic E-state index is -2.48. The Labute approximate surface area is 91.6 Å². The van der Waals surface area contributed by atoms with Gasteiger partial charge in [-0.2, -0.15) is 0 Å². The van der Waals surface area contributed by atoms with Crippen molar-refractivity contribution in [3.63, 3.8) is 0 Å². The van der Waals surface area contributed by atoms with Crippen LogP contribution in [-0.2, 0) is 0 Å². The lowest BCUT2D eigenvalue weighted by atomic mass is 9.89. The second-order valence-corrected chi connectivity index (χ2v) is 4.84. The molecule has 3 heteroatoms. The van der Waals surface area contributed by atoms with E-state index in [9.17, 15) is 8.78 Å². The highest BCUT2D eigenvalue weighted by Gasteiger charge is 2.39. The van der Waals surface area contributed by atoms with Gasteiger partial charge in [-0.05, 0) is 26.8 Å². The van der Waals surface area contributed by atoms with Crippen LogP contribution in [-0.4, -0.2) is 19.0 Å². The average molecular weight is 219 g/mol. The fourth-order valence-electron chi connectivity index (χ4n) is 2.38. The molecule has 0 heterocycles. The van der Waals surface area contributed by atoms with Crippen molar-refractivity contribution in [3.05, 3.63) is 0 Å². The predicted octanol–water partition coefficient (Wildman–Crippen LogP) is 3.59. The molecule has 1 saturated carbocycles. The van der Waals surface area contributed by atoms with E-state index in [4.69, 9.17) is 0 Å². The van der Waals surface area contributed by atoms with Gasteiger partial charge in [0.15, 0.2) is 0 Å². The van der Waals surface area contributed by atoms with Crippen molar-refractivity contribution >= 4 is 0 Å². The Kier molecular flexibility index (Phi) is 4.97. The van der Waals surface area contributed by atoms with E-state index >= 15 is 0 Å². The zero-order valence-corrected chi connectivity index (χ0v) is 9.86. The smallest absolute Gasteiger partial charge is 0.252 e. The summed E-state index contributed by atoms with van der Waals surface area (Å²) < 4.78 is 27.8. The first-order chi connectivity index (χ1) is 7.06. The number of rotatable bonds is 4. The van der Waals surface area contributed by atoms with Gasteiger partial charge in [0, 0.05) is 18.4 Å². The molecule has 1 unspecified atom stereocenters. The van der Waals surface area contributed by atoms with Crippen molar-refractivity contribution in [2.75, 3.05) is 7.05 Å². The Morgan fingerprint density at radius 2 is 1.73 bits per heavy atom. The molecule has 1 aliphatic rings. The third-order valence-electron chi connectivity index (χ3n) is 3.52. The van der Waals surface area contributed by atoms with Crippen LogP contribution in [0.3, 0.4) is 0 Å². The number of halogens is 2. The second kappa shape index (κ2) is 5.78. The fourth-order valence-corrected chi connectivity index (χ4v) is 2.38. The quantitative estimate of drug-likeness (QED) is 0.712. The maximum Gasteiger partial charge on any atom is 0.252 e. The van der Waals surface area contributed by atoms with Gasteiger partial charge in [-0.3, -0.25) is 0 Å². The van der Waals surface area contributed by atoms with Gasteiger partial charge >= 0.3 is 0 Å². The van der Waals surface area contributed by atoms with Gasteiger partial charge in [-0.25, -0.2) is 8.78 Å². The molecule has 0 aromatic carbocycles. The molecule has 0 spiro atoms. The monoisotopic (exact) mass is 219 g/mol. The highest BCUT2D eigenvalue weighted by molar-refractivity contribution is 4.82. The maximum absolute atomic E-state index is 13.9. The normalized spacial score (nSPS) is 22.4. The lowest BCUT2D eigenvalue weighted by Crippen LogP contribution is -2.36. The van der Waals surface area contributed by atoms with Gasteiger partial charge in [0.2, 0.25) is 0 Å². The molecule has 0 saturated heterocycles. The molecule has 0 aromatic heterocycles. The van der Waals surface area contributed by atoms with Gasteiger partial charge in [0.1, 0.15) is 0 Å². The zero-order valence-electron chi connectivity index (χ0n) is 9.86. The largest absolute Gasteiger partial charge is 0.317 e. The van der Waals surface area contributed by atoms with Crippen molar-refractivity contribution in [2.24, 2.45) is 5.92 Å². The van der Waals surface area contributed by atoms with Crippen LogP contribution in [0, 0.1) is 5.92 Å². The van der Waals surface area contributed by atoms with Gasteiger partial charge < -0.3 is 5.32 Å². The minimum absolute atomic E-state index is 0.0197. The summed E-state index contributed by atoms with van der Waals surface area (Å²) in [5.41, 5.74) is 0. The molecule has 1 atom stereocenters. The fraction of sp³-hybridized carbons (Fsp3) is 1.00. The summed E-state index contributed by atoms with van der Waals surface area (Å²) in [4.78, 5) is 0. The van der Waals surface area contributed by atoms with E-state index in [0.29, 0.717) is 12.8 Å². The lowest BCUT2D eigenvalue weighted by molar-refractivity contribution is -0.0757. The average Bonchev–Trinajstić information content (AvgIpc) is 2.45. The third-order valence-corrected chi connectivity index (χ3v) is 3.52. The standard InChI is InChI=1S/C12H23F2N/c1-10(15-2)9-12(13,14)11-7-5-3-4-6-8-11/h10-11,15H,3-9H2,1-2H3. The number of nitrogens with one attached hydrogen (secondary N) is 1. The molecule has 0 bridgehead atoms. The van der Waals surface area contributed by atoms with E-state index < -0.39 is 5.92 Å². The lowest BCUT2D eigenvalue weighted by Gasteiger charge is -2.28. The third kappa shape index (κ3) is 4.06. The number of alkyl halides is 2. The molecule has 1 aliphatic carbocycles. The van der Waals surface area contributed by atoms with Gasteiger partial charge in [-0.1, -0.05) is 25.7 Å². The molecular formula is C12H23F2N. The van der Waals surface area contributed by atoms with Crippen LogP contribution < -0.4 is 5.32 Å². The Hall–Kier alpha value is -0.180. The summed E-state index contributed by atoms with van der Waals surface area (Å²) in [6, 6.07) is -0.0942. The van der Waals surface area contributed by atoms with Crippen molar-refractivity contribution in [3.8, 4) is 0 Å². The molecular weight excluding hydrogens is 196 g/mol. The molecule has 15 heavy (non-hydrogen) atoms. The van der Waals surface area contributed by atoms with Crippen LogP contribution >= 0.6 is 0 Å². The molecule has 0 aliphatic heterocycles. The summed E-state index contributed by atoms with van der Waals surface area (Å²) in [7, 11) is 1.74. The minimum Gasteiger partial charge on any atom is -0.317 e. The molecule has 1 nitrogen and oxygen atoms in total. The molecule has 0 amide bonds. The summed E-state index contributed by atoms with van der Waals surface area (Å²) in [6.07, 6.45) is 5.63. The van der Waals surface area contributed by atoms with E-state index in [2.05, 4.69) is 5.32 Å². The van der Waals surface area contributed by atoms with Crippen LogP contribution in [0.15, 0.2) is 0 Å². The first-order valence-electron chi connectivity index (χ1n) is 6.11.